The Bertz CT molecular complexity index is 300. The third kappa shape index (κ3) is 5.25. The fraction of sp³-hybridized carbons (Fsp3) is 1.00. The molecule has 1 aliphatic rings. The van der Waals surface area contributed by atoms with Gasteiger partial charge in [-0.1, -0.05) is 0 Å². The van der Waals surface area contributed by atoms with Crippen molar-refractivity contribution < 1.29 is 34.3 Å². The van der Waals surface area contributed by atoms with Crippen LogP contribution in [0.1, 0.15) is 34.1 Å². The summed E-state index contributed by atoms with van der Waals surface area (Å²) in [5.41, 5.74) is 0. The summed E-state index contributed by atoms with van der Waals surface area (Å²) in [4.78, 5) is 0. The van der Waals surface area contributed by atoms with E-state index in [1.807, 2.05) is 0 Å². The third-order valence-corrected chi connectivity index (χ3v) is 2.91. The minimum absolute atomic E-state index is 0.0844. The molecule has 0 amide bonds. The zero-order valence-corrected chi connectivity index (χ0v) is 12.7. The highest BCUT2D eigenvalue weighted by Gasteiger charge is 2.46. The molecule has 1 fully saturated rings. The molecule has 120 valence electrons. The van der Waals surface area contributed by atoms with Crippen LogP contribution in [0, 0.1) is 0 Å². The van der Waals surface area contributed by atoms with Gasteiger partial charge in [-0.15, -0.1) is 0 Å². The second-order valence-electron chi connectivity index (χ2n) is 5.85. The van der Waals surface area contributed by atoms with Gasteiger partial charge in [0.05, 0.1) is 12.7 Å². The van der Waals surface area contributed by atoms with E-state index in [2.05, 4.69) is 0 Å². The Hall–Kier alpha value is -0.280. The minimum Gasteiger partial charge on any atom is -0.394 e. The molecule has 1 rings (SSSR count). The first kappa shape index (κ1) is 17.8. The Morgan fingerprint density at radius 2 is 1.90 bits per heavy atom. The van der Waals surface area contributed by atoms with Crippen LogP contribution in [-0.4, -0.2) is 65.2 Å². The van der Waals surface area contributed by atoms with Crippen molar-refractivity contribution >= 4 is 0 Å². The number of ether oxygens (including phenoxy) is 4. The van der Waals surface area contributed by atoms with Crippen molar-refractivity contribution in [3.8, 4) is 0 Å². The summed E-state index contributed by atoms with van der Waals surface area (Å²) in [7, 11) is 1.37. The highest BCUT2D eigenvalue weighted by molar-refractivity contribution is 4.88. The normalized spacial score (nSPS) is 29.4. The second kappa shape index (κ2) is 6.65. The van der Waals surface area contributed by atoms with Gasteiger partial charge >= 0.3 is 0 Å². The highest BCUT2D eigenvalue weighted by atomic mass is 16.8. The predicted octanol–water partition coefficient (Wildman–Crippen LogP) is -0.0327. The molecule has 0 radical (unpaired) electrons. The SMILES string of the molecule is COC(O)C[C@@H](OC(C)(C)O)[C@H]1OC(C)(C)O[C@@H]1CO. The van der Waals surface area contributed by atoms with Crippen LogP contribution in [0.3, 0.4) is 0 Å². The van der Waals surface area contributed by atoms with Crippen LogP contribution in [0.25, 0.3) is 0 Å². The van der Waals surface area contributed by atoms with Gasteiger partial charge in [0.15, 0.2) is 17.9 Å². The Kier molecular flexibility index (Phi) is 5.91. The van der Waals surface area contributed by atoms with E-state index in [0.717, 1.165) is 0 Å². The van der Waals surface area contributed by atoms with Crippen molar-refractivity contribution in [1.29, 1.82) is 0 Å². The van der Waals surface area contributed by atoms with E-state index in [9.17, 15) is 15.3 Å². The first-order valence-corrected chi connectivity index (χ1v) is 6.65. The van der Waals surface area contributed by atoms with Crippen molar-refractivity contribution in [2.75, 3.05) is 13.7 Å². The van der Waals surface area contributed by atoms with Gasteiger partial charge in [-0.2, -0.15) is 0 Å². The largest absolute Gasteiger partial charge is 0.394 e. The minimum atomic E-state index is -1.41. The zero-order chi connectivity index (χ0) is 15.6. The first-order chi connectivity index (χ1) is 9.08. The number of methoxy groups -OCH3 is 1. The topological polar surface area (TPSA) is 97.6 Å². The molecule has 0 aromatic heterocycles. The second-order valence-corrected chi connectivity index (χ2v) is 5.85. The van der Waals surface area contributed by atoms with Gasteiger partial charge in [-0.25, -0.2) is 0 Å². The van der Waals surface area contributed by atoms with Crippen molar-refractivity contribution in [2.24, 2.45) is 0 Å². The van der Waals surface area contributed by atoms with Crippen molar-refractivity contribution in [3.63, 3.8) is 0 Å². The molecule has 0 aliphatic carbocycles. The molecular weight excluding hydrogens is 268 g/mol. The van der Waals surface area contributed by atoms with Crippen LogP contribution in [0.15, 0.2) is 0 Å². The highest BCUT2D eigenvalue weighted by Crippen LogP contribution is 2.33. The average Bonchev–Trinajstić information content (AvgIpc) is 2.62. The lowest BCUT2D eigenvalue weighted by atomic mass is 10.0. The van der Waals surface area contributed by atoms with Crippen molar-refractivity contribution in [1.82, 2.24) is 0 Å². The molecule has 1 unspecified atom stereocenters. The summed E-state index contributed by atoms with van der Waals surface area (Å²) in [6.07, 6.45) is -2.88. The summed E-state index contributed by atoms with van der Waals surface area (Å²) in [6, 6.07) is 0. The molecule has 0 spiro atoms. The lowest BCUT2D eigenvalue weighted by Gasteiger charge is -2.32. The molecule has 7 nitrogen and oxygen atoms in total. The van der Waals surface area contributed by atoms with Gasteiger partial charge in [0.25, 0.3) is 0 Å². The van der Waals surface area contributed by atoms with E-state index in [1.54, 1.807) is 13.8 Å². The van der Waals surface area contributed by atoms with E-state index in [1.165, 1.54) is 21.0 Å². The Balaban J connectivity index is 2.85. The van der Waals surface area contributed by atoms with Crippen LogP contribution in [-0.2, 0) is 18.9 Å². The Labute approximate surface area is 119 Å². The summed E-state index contributed by atoms with van der Waals surface area (Å²) in [6.45, 7) is 6.16. The Morgan fingerprint density at radius 3 is 2.35 bits per heavy atom. The fourth-order valence-electron chi connectivity index (χ4n) is 2.23. The Morgan fingerprint density at radius 1 is 1.30 bits per heavy atom. The van der Waals surface area contributed by atoms with Gasteiger partial charge < -0.3 is 34.3 Å². The van der Waals surface area contributed by atoms with E-state index < -0.39 is 36.2 Å². The maximum Gasteiger partial charge on any atom is 0.164 e. The van der Waals surface area contributed by atoms with E-state index in [0.29, 0.717) is 0 Å². The summed E-state index contributed by atoms with van der Waals surface area (Å²) in [5.74, 6) is -2.27. The van der Waals surface area contributed by atoms with E-state index in [4.69, 9.17) is 18.9 Å². The lowest BCUT2D eigenvalue weighted by Crippen LogP contribution is -2.45. The first-order valence-electron chi connectivity index (χ1n) is 6.65. The smallest absolute Gasteiger partial charge is 0.164 e. The van der Waals surface area contributed by atoms with Crippen molar-refractivity contribution in [3.05, 3.63) is 0 Å². The van der Waals surface area contributed by atoms with Crippen LogP contribution in [0.5, 0.6) is 0 Å². The van der Waals surface area contributed by atoms with Gasteiger partial charge in [0, 0.05) is 13.5 Å². The van der Waals surface area contributed by atoms with E-state index in [-0.39, 0.29) is 13.0 Å². The summed E-state index contributed by atoms with van der Waals surface area (Å²) < 4.78 is 21.6. The lowest BCUT2D eigenvalue weighted by molar-refractivity contribution is -0.249. The quantitative estimate of drug-likeness (QED) is 0.567. The fourth-order valence-corrected chi connectivity index (χ4v) is 2.23. The maximum atomic E-state index is 9.82. The van der Waals surface area contributed by atoms with Gasteiger partial charge in [-0.05, 0) is 27.7 Å². The molecule has 0 aromatic carbocycles. The predicted molar refractivity (Wildman–Crippen MR) is 69.7 cm³/mol. The van der Waals surface area contributed by atoms with Gasteiger partial charge in [-0.3, -0.25) is 0 Å². The standard InChI is InChI=1S/C13H26O7/c1-12(2,16)18-8(6-10(15)17-5)11-9(7-14)19-13(3,4)20-11/h8-11,14-16H,6-7H2,1-5H3/t8-,9-,10?,11-/m1/s1. The third-order valence-electron chi connectivity index (χ3n) is 2.91. The molecule has 1 aliphatic heterocycles. The number of hydrogen-bond donors (Lipinski definition) is 3. The number of hydrogen-bond acceptors (Lipinski definition) is 7. The molecule has 20 heavy (non-hydrogen) atoms. The molecule has 4 atom stereocenters. The van der Waals surface area contributed by atoms with Crippen LogP contribution < -0.4 is 0 Å². The molecule has 0 aromatic rings. The maximum absolute atomic E-state index is 9.82. The van der Waals surface area contributed by atoms with Gasteiger partial charge in [0.2, 0.25) is 0 Å². The van der Waals surface area contributed by atoms with Crippen LogP contribution in [0.4, 0.5) is 0 Å². The monoisotopic (exact) mass is 294 g/mol. The van der Waals surface area contributed by atoms with Crippen LogP contribution in [0.2, 0.25) is 0 Å². The summed E-state index contributed by atoms with van der Waals surface area (Å²) in [5, 5.41) is 28.8. The zero-order valence-electron chi connectivity index (χ0n) is 12.7. The van der Waals surface area contributed by atoms with Gasteiger partial charge in [0.1, 0.15) is 12.2 Å². The van der Waals surface area contributed by atoms with Crippen LogP contribution >= 0.6 is 0 Å². The summed E-state index contributed by atoms with van der Waals surface area (Å²) >= 11 is 0. The molecule has 1 heterocycles. The molecule has 3 N–H and O–H groups in total. The van der Waals surface area contributed by atoms with E-state index >= 15 is 0 Å². The number of aliphatic hydroxyl groups excluding tert-OH is 2. The molecule has 0 saturated carbocycles. The molecular formula is C13H26O7. The molecule has 7 heteroatoms. The molecule has 1 saturated heterocycles. The average molecular weight is 294 g/mol. The number of aliphatic hydroxyl groups is 3. The molecule has 0 bridgehead atoms. The van der Waals surface area contributed by atoms with Crippen molar-refractivity contribution in [2.45, 2.75) is 70.3 Å². The number of rotatable bonds is 7.